The second kappa shape index (κ2) is 8.91. The molecular weight excluding hydrogens is 246 g/mol. The van der Waals surface area contributed by atoms with E-state index in [0.717, 1.165) is 6.42 Å². The van der Waals surface area contributed by atoms with Gasteiger partial charge in [-0.1, -0.05) is 6.92 Å². The third-order valence-corrected chi connectivity index (χ3v) is 2.41. The number of nitrogens with zero attached hydrogens (tertiary/aromatic N) is 1. The molecular formula is C14H27NO4. The Bertz CT molecular complexity index is 284. The van der Waals surface area contributed by atoms with Gasteiger partial charge in [-0.2, -0.15) is 0 Å². The average molecular weight is 273 g/mol. The van der Waals surface area contributed by atoms with Gasteiger partial charge in [0, 0.05) is 33.0 Å². The average Bonchev–Trinajstić information content (AvgIpc) is 2.30. The van der Waals surface area contributed by atoms with E-state index in [1.807, 2.05) is 27.7 Å². The standard InChI is InChI=1S/C14H27NO4/c1-6-12(16)8-7-10-18-11-9-15(5)13(17)19-14(2,3)4/h6-11H2,1-5H3. The lowest BCUT2D eigenvalue weighted by molar-refractivity contribution is -0.119. The van der Waals surface area contributed by atoms with Crippen LogP contribution in [0.3, 0.4) is 0 Å². The largest absolute Gasteiger partial charge is 0.444 e. The predicted octanol–water partition coefficient (Wildman–Crippen LogP) is 2.63. The van der Waals surface area contributed by atoms with Crippen molar-refractivity contribution in [1.29, 1.82) is 0 Å². The van der Waals surface area contributed by atoms with Crippen LogP contribution in [0.1, 0.15) is 47.0 Å². The molecule has 0 bridgehead atoms. The quantitative estimate of drug-likeness (QED) is 0.638. The summed E-state index contributed by atoms with van der Waals surface area (Å²) in [6, 6.07) is 0. The molecule has 0 spiro atoms. The predicted molar refractivity (Wildman–Crippen MR) is 74.2 cm³/mol. The van der Waals surface area contributed by atoms with Crippen molar-refractivity contribution in [3.05, 3.63) is 0 Å². The molecule has 1 amide bonds. The van der Waals surface area contributed by atoms with Crippen LogP contribution in [-0.4, -0.2) is 49.2 Å². The molecule has 0 saturated carbocycles. The summed E-state index contributed by atoms with van der Waals surface area (Å²) in [6.45, 7) is 8.85. The van der Waals surface area contributed by atoms with Crippen LogP contribution in [0.2, 0.25) is 0 Å². The summed E-state index contributed by atoms with van der Waals surface area (Å²) in [4.78, 5) is 24.1. The molecule has 0 aliphatic carbocycles. The Kier molecular flexibility index (Phi) is 8.39. The molecule has 0 N–H and O–H groups in total. The molecule has 0 aromatic heterocycles. The van der Waals surface area contributed by atoms with Crippen molar-refractivity contribution in [1.82, 2.24) is 4.90 Å². The lowest BCUT2D eigenvalue weighted by atomic mass is 10.2. The number of hydrogen-bond acceptors (Lipinski definition) is 4. The first-order valence-electron chi connectivity index (χ1n) is 6.80. The fraction of sp³-hybridized carbons (Fsp3) is 0.857. The fourth-order valence-corrected chi connectivity index (χ4v) is 1.28. The van der Waals surface area contributed by atoms with E-state index < -0.39 is 5.60 Å². The number of rotatable bonds is 8. The van der Waals surface area contributed by atoms with Crippen LogP contribution >= 0.6 is 0 Å². The zero-order valence-electron chi connectivity index (χ0n) is 12.8. The van der Waals surface area contributed by atoms with Gasteiger partial charge in [-0.3, -0.25) is 4.79 Å². The van der Waals surface area contributed by atoms with E-state index in [4.69, 9.17) is 9.47 Å². The lowest BCUT2D eigenvalue weighted by Crippen LogP contribution is -2.36. The number of amides is 1. The number of ketones is 1. The van der Waals surface area contributed by atoms with Crippen LogP contribution in [0.5, 0.6) is 0 Å². The van der Waals surface area contributed by atoms with E-state index in [9.17, 15) is 9.59 Å². The van der Waals surface area contributed by atoms with Gasteiger partial charge in [-0.25, -0.2) is 4.79 Å². The van der Waals surface area contributed by atoms with Gasteiger partial charge in [0.15, 0.2) is 0 Å². The molecule has 0 atom stereocenters. The van der Waals surface area contributed by atoms with Crippen LogP contribution in [0, 0.1) is 0 Å². The minimum atomic E-state index is -0.479. The van der Waals surface area contributed by atoms with E-state index >= 15 is 0 Å². The Balaban J connectivity index is 3.61. The minimum Gasteiger partial charge on any atom is -0.444 e. The summed E-state index contributed by atoms with van der Waals surface area (Å²) < 4.78 is 10.6. The van der Waals surface area contributed by atoms with Gasteiger partial charge < -0.3 is 14.4 Å². The van der Waals surface area contributed by atoms with Gasteiger partial charge in [-0.05, 0) is 27.2 Å². The van der Waals surface area contributed by atoms with E-state index in [1.165, 1.54) is 4.90 Å². The third kappa shape index (κ3) is 10.5. The normalized spacial score (nSPS) is 11.2. The van der Waals surface area contributed by atoms with Crippen molar-refractivity contribution in [3.8, 4) is 0 Å². The molecule has 112 valence electrons. The first-order valence-corrected chi connectivity index (χ1v) is 6.80. The molecule has 0 aromatic carbocycles. The first kappa shape index (κ1) is 17.9. The molecule has 0 fully saturated rings. The highest BCUT2D eigenvalue weighted by Gasteiger charge is 2.19. The van der Waals surface area contributed by atoms with Gasteiger partial charge >= 0.3 is 6.09 Å². The molecule has 0 aliphatic heterocycles. The van der Waals surface area contributed by atoms with Crippen LogP contribution in [0.25, 0.3) is 0 Å². The van der Waals surface area contributed by atoms with Gasteiger partial charge in [0.25, 0.3) is 0 Å². The Morgan fingerprint density at radius 2 is 1.79 bits per heavy atom. The Hall–Kier alpha value is -1.10. The summed E-state index contributed by atoms with van der Waals surface area (Å²) in [5.74, 6) is 0.259. The molecule has 19 heavy (non-hydrogen) atoms. The number of carbonyl (C=O) groups excluding carboxylic acids is 2. The summed E-state index contributed by atoms with van der Waals surface area (Å²) in [5, 5.41) is 0. The van der Waals surface area contributed by atoms with Crippen molar-refractivity contribution in [3.63, 3.8) is 0 Å². The highest BCUT2D eigenvalue weighted by atomic mass is 16.6. The fourth-order valence-electron chi connectivity index (χ4n) is 1.28. The zero-order valence-corrected chi connectivity index (χ0v) is 12.8. The maximum atomic E-state index is 11.6. The Morgan fingerprint density at radius 1 is 1.16 bits per heavy atom. The van der Waals surface area contributed by atoms with Crippen LogP contribution in [0.4, 0.5) is 4.79 Å². The molecule has 0 radical (unpaired) electrons. The number of hydrogen-bond donors (Lipinski definition) is 0. The van der Waals surface area contributed by atoms with Crippen molar-refractivity contribution >= 4 is 11.9 Å². The second-order valence-electron chi connectivity index (χ2n) is 5.51. The van der Waals surface area contributed by atoms with Gasteiger partial charge in [0.1, 0.15) is 11.4 Å². The molecule has 5 nitrogen and oxygen atoms in total. The van der Waals surface area contributed by atoms with E-state index in [-0.39, 0.29) is 11.9 Å². The Morgan fingerprint density at radius 3 is 2.32 bits per heavy atom. The lowest BCUT2D eigenvalue weighted by Gasteiger charge is -2.24. The first-order chi connectivity index (χ1) is 8.76. The van der Waals surface area contributed by atoms with Crippen molar-refractivity contribution in [2.75, 3.05) is 26.8 Å². The SMILES string of the molecule is CCC(=O)CCCOCCN(C)C(=O)OC(C)(C)C. The molecule has 0 unspecified atom stereocenters. The van der Waals surface area contributed by atoms with Crippen molar-refractivity contribution in [2.45, 2.75) is 52.6 Å². The van der Waals surface area contributed by atoms with Gasteiger partial charge in [0.2, 0.25) is 0 Å². The summed E-state index contributed by atoms with van der Waals surface area (Å²) in [5.41, 5.74) is -0.479. The molecule has 0 saturated heterocycles. The molecule has 5 heteroatoms. The molecule has 0 rings (SSSR count). The topological polar surface area (TPSA) is 55.8 Å². The third-order valence-electron chi connectivity index (χ3n) is 2.41. The van der Waals surface area contributed by atoms with Gasteiger partial charge in [-0.15, -0.1) is 0 Å². The van der Waals surface area contributed by atoms with E-state index in [2.05, 4.69) is 0 Å². The maximum absolute atomic E-state index is 11.6. The number of Topliss-reactive ketones (excluding diaryl/α,β-unsaturated/α-hetero) is 1. The highest BCUT2D eigenvalue weighted by molar-refractivity contribution is 5.77. The van der Waals surface area contributed by atoms with Crippen molar-refractivity contribution in [2.24, 2.45) is 0 Å². The van der Waals surface area contributed by atoms with E-state index in [0.29, 0.717) is 32.6 Å². The van der Waals surface area contributed by atoms with Crippen LogP contribution in [0.15, 0.2) is 0 Å². The smallest absolute Gasteiger partial charge is 0.410 e. The Labute approximate surface area is 116 Å². The van der Waals surface area contributed by atoms with Crippen LogP contribution in [-0.2, 0) is 14.3 Å². The number of ether oxygens (including phenoxy) is 2. The maximum Gasteiger partial charge on any atom is 0.410 e. The van der Waals surface area contributed by atoms with Crippen LogP contribution < -0.4 is 0 Å². The van der Waals surface area contributed by atoms with E-state index in [1.54, 1.807) is 7.05 Å². The molecule has 0 aliphatic rings. The van der Waals surface area contributed by atoms with Crippen molar-refractivity contribution < 1.29 is 19.1 Å². The molecule has 0 aromatic rings. The van der Waals surface area contributed by atoms with Gasteiger partial charge in [0.05, 0.1) is 6.61 Å². The number of likely N-dealkylation sites (N-methyl/N-ethyl adjacent to an activating group) is 1. The highest BCUT2D eigenvalue weighted by Crippen LogP contribution is 2.08. The zero-order chi connectivity index (χ0) is 14.9. The summed E-state index contributed by atoms with van der Waals surface area (Å²) >= 11 is 0. The monoisotopic (exact) mass is 273 g/mol. The summed E-state index contributed by atoms with van der Waals surface area (Å²) in [6.07, 6.45) is 1.54. The summed E-state index contributed by atoms with van der Waals surface area (Å²) in [7, 11) is 1.68. The molecule has 0 heterocycles. The second-order valence-corrected chi connectivity index (χ2v) is 5.51. The number of carbonyl (C=O) groups is 2. The minimum absolute atomic E-state index is 0.259.